The molecule has 4 fully saturated rings. The highest BCUT2D eigenvalue weighted by Gasteiger charge is 2.53. The fourth-order valence-electron chi connectivity index (χ4n) is 9.39. The van der Waals surface area contributed by atoms with Crippen molar-refractivity contribution < 1.29 is 14.4 Å². The number of rotatable bonds is 13. The van der Waals surface area contributed by atoms with Crippen LogP contribution in [0.25, 0.3) is 0 Å². The van der Waals surface area contributed by atoms with Crippen LogP contribution in [-0.2, 0) is 26.7 Å². The van der Waals surface area contributed by atoms with Gasteiger partial charge in [-0.05, 0) is 133 Å². The standard InChI is InChI=1S/C21H28N4O2S.C21H26N4OS.C3Cl3N3/c1-14-3-5-16(6-4-14)20(2,11-17(26)15-7-10-28-13-15)18-12-25(24-23-18)21(8-9-21)19(22)27;1-15-3-5-17(6-4-15)20(2,11-18(26)16-7-10-27-13-16)19-12-25(24-23-19)21(14-22)8-9-21;4-1-7-2(5)9-3(6)8-1/h7,10,12-14,16H,3-6,8-9,11H2,1-2H3,(H2,22,27);7,10,12-13,15,17H,3-6,8-9,11H2,1-2H3;/t14?,16?,20-;15?,17?,20-;/m00./s1. The number of ketones is 2. The van der Waals surface area contributed by atoms with Gasteiger partial charge in [-0.15, -0.1) is 10.2 Å². The number of nitrogens with zero attached hydrogens (tertiary/aromatic N) is 10. The lowest BCUT2D eigenvalue weighted by molar-refractivity contribution is -0.122. The molecule has 5 heterocycles. The van der Waals surface area contributed by atoms with Crippen molar-refractivity contribution in [3.8, 4) is 6.07 Å². The lowest BCUT2D eigenvalue weighted by Gasteiger charge is -2.39. The highest BCUT2D eigenvalue weighted by Crippen LogP contribution is 2.49. The van der Waals surface area contributed by atoms with Crippen LogP contribution in [0.5, 0.6) is 0 Å². The van der Waals surface area contributed by atoms with E-state index in [4.69, 9.17) is 40.5 Å². The Balaban J connectivity index is 0.000000161. The number of thiophene rings is 2. The van der Waals surface area contributed by atoms with E-state index in [1.807, 2.05) is 46.0 Å². The smallest absolute Gasteiger partial charge is 0.245 e. The molecule has 340 valence electrons. The number of primary amides is 1. The molecule has 0 unspecified atom stereocenters. The zero-order valence-electron chi connectivity index (χ0n) is 36.6. The first kappa shape index (κ1) is 47.8. The van der Waals surface area contributed by atoms with Crippen molar-refractivity contribution in [1.82, 2.24) is 44.9 Å². The van der Waals surface area contributed by atoms with Crippen molar-refractivity contribution in [3.63, 3.8) is 0 Å². The average molecular weight is 967 g/mol. The normalized spacial score (nSPS) is 23.7. The molecule has 5 aromatic rings. The second-order valence-electron chi connectivity index (χ2n) is 18.8. The third-order valence-corrected chi connectivity index (χ3v) is 16.2. The Morgan fingerprint density at radius 3 is 1.47 bits per heavy atom. The van der Waals surface area contributed by atoms with Crippen LogP contribution in [0, 0.1) is 35.0 Å². The zero-order valence-corrected chi connectivity index (χ0v) is 40.5. The maximum absolute atomic E-state index is 13.0. The van der Waals surface area contributed by atoms with Gasteiger partial charge in [0.25, 0.3) is 0 Å². The monoisotopic (exact) mass is 965 g/mol. The Hall–Kier alpha value is -4.14. The number of nitrogens with two attached hydrogens (primary N) is 1. The number of Topliss-reactive ketones (excluding diaryl/α,β-unsaturated/α-hetero) is 2. The predicted molar refractivity (Wildman–Crippen MR) is 248 cm³/mol. The first-order valence-corrected chi connectivity index (χ1v) is 24.9. The fourth-order valence-corrected chi connectivity index (χ4v) is 11.3. The predicted octanol–water partition coefficient (Wildman–Crippen LogP) is 10.2. The summed E-state index contributed by atoms with van der Waals surface area (Å²) in [6, 6.07) is 6.17. The molecule has 19 heteroatoms. The molecular formula is C45H54Cl3N11O3S2. The molecule has 4 aliphatic carbocycles. The van der Waals surface area contributed by atoms with Crippen molar-refractivity contribution in [1.29, 1.82) is 5.26 Å². The quantitative estimate of drug-likeness (QED) is 0.110. The highest BCUT2D eigenvalue weighted by atomic mass is 35.5. The Labute approximate surface area is 396 Å². The molecule has 0 aliphatic heterocycles. The van der Waals surface area contributed by atoms with Crippen LogP contribution in [0.2, 0.25) is 15.9 Å². The van der Waals surface area contributed by atoms with Gasteiger partial charge in [0.05, 0.1) is 29.9 Å². The van der Waals surface area contributed by atoms with Crippen molar-refractivity contribution in [3.05, 3.63) is 84.4 Å². The van der Waals surface area contributed by atoms with Crippen LogP contribution >= 0.6 is 57.5 Å². The SMILES string of the molecule is CC1CCC([C@](C)(CC(=O)c2ccsc2)c2cn(C3(C#N)CC3)nn2)CC1.CC1CCC([C@](C)(CC(=O)c2ccsc2)c2cn(C3(C(N)=O)CC3)nn2)CC1.Clc1nc(Cl)nc(Cl)n1. The third-order valence-electron chi connectivity index (χ3n) is 14.3. The van der Waals surface area contributed by atoms with Crippen molar-refractivity contribution in [2.45, 2.75) is 139 Å². The molecule has 0 bridgehead atoms. The number of carbonyl (C=O) groups excluding carboxylic acids is 3. The molecule has 9 rings (SSSR count). The number of hydrogen-bond acceptors (Lipinski definition) is 13. The van der Waals surface area contributed by atoms with Gasteiger partial charge in [-0.2, -0.15) is 42.9 Å². The molecule has 5 aromatic heterocycles. The second-order valence-corrected chi connectivity index (χ2v) is 21.3. The molecule has 0 saturated heterocycles. The Bertz CT molecular complexity index is 2400. The molecule has 64 heavy (non-hydrogen) atoms. The van der Waals surface area contributed by atoms with Gasteiger partial charge >= 0.3 is 0 Å². The highest BCUT2D eigenvalue weighted by molar-refractivity contribution is 7.08. The summed E-state index contributed by atoms with van der Waals surface area (Å²) < 4.78 is 3.38. The largest absolute Gasteiger partial charge is 0.368 e. The molecule has 2 atom stereocenters. The van der Waals surface area contributed by atoms with E-state index >= 15 is 0 Å². The first-order valence-electron chi connectivity index (χ1n) is 21.9. The summed E-state index contributed by atoms with van der Waals surface area (Å²) in [6.07, 6.45) is 16.9. The Morgan fingerprint density at radius 2 is 1.12 bits per heavy atom. The van der Waals surface area contributed by atoms with E-state index in [-0.39, 0.29) is 38.7 Å². The number of carbonyl (C=O) groups is 3. The summed E-state index contributed by atoms with van der Waals surface area (Å²) in [5.74, 6) is 2.24. The maximum atomic E-state index is 13.0. The summed E-state index contributed by atoms with van der Waals surface area (Å²) >= 11 is 19.1. The Morgan fingerprint density at radius 1 is 0.719 bits per heavy atom. The molecule has 0 radical (unpaired) electrons. The summed E-state index contributed by atoms with van der Waals surface area (Å²) in [5, 5.41) is 34.7. The third kappa shape index (κ3) is 10.6. The molecule has 1 amide bonds. The summed E-state index contributed by atoms with van der Waals surface area (Å²) in [5.41, 5.74) is 6.87. The second kappa shape index (κ2) is 19.8. The zero-order chi connectivity index (χ0) is 45.9. The molecule has 0 spiro atoms. The van der Waals surface area contributed by atoms with Gasteiger partial charge in [-0.3, -0.25) is 14.4 Å². The van der Waals surface area contributed by atoms with E-state index in [0.717, 1.165) is 72.9 Å². The molecule has 14 nitrogen and oxygen atoms in total. The van der Waals surface area contributed by atoms with Crippen molar-refractivity contribution in [2.24, 2.45) is 29.4 Å². The van der Waals surface area contributed by atoms with Crippen LogP contribution in [0.1, 0.15) is 150 Å². The number of aromatic nitrogens is 9. The van der Waals surface area contributed by atoms with Gasteiger partial charge in [-0.1, -0.05) is 63.8 Å². The fraction of sp³-hybridized carbons (Fsp3) is 0.578. The summed E-state index contributed by atoms with van der Waals surface area (Å²) in [4.78, 5) is 48.2. The Kier molecular flexibility index (Phi) is 14.8. The van der Waals surface area contributed by atoms with E-state index in [2.05, 4.69) is 69.3 Å². The van der Waals surface area contributed by atoms with Crippen LogP contribution in [-0.4, -0.2) is 62.4 Å². The van der Waals surface area contributed by atoms with Crippen molar-refractivity contribution in [2.75, 3.05) is 0 Å². The molecule has 4 saturated carbocycles. The van der Waals surface area contributed by atoms with Gasteiger partial charge in [-0.25, -0.2) is 9.36 Å². The van der Waals surface area contributed by atoms with Crippen molar-refractivity contribution >= 4 is 75.0 Å². The van der Waals surface area contributed by atoms with E-state index < -0.39 is 16.5 Å². The topological polar surface area (TPSA) is 201 Å². The molecule has 2 N–H and O–H groups in total. The number of amides is 1. The van der Waals surface area contributed by atoms with Gasteiger partial charge < -0.3 is 5.73 Å². The minimum Gasteiger partial charge on any atom is -0.368 e. The minimum absolute atomic E-state index is 0.000000000000000444. The molecule has 4 aliphatic rings. The lowest BCUT2D eigenvalue weighted by atomic mass is 9.64. The van der Waals surface area contributed by atoms with Crippen LogP contribution in [0.3, 0.4) is 0 Å². The van der Waals surface area contributed by atoms with E-state index in [9.17, 15) is 19.6 Å². The van der Waals surface area contributed by atoms with E-state index in [1.54, 1.807) is 32.0 Å². The molecular weight excluding hydrogens is 913 g/mol. The maximum Gasteiger partial charge on any atom is 0.245 e. The van der Waals surface area contributed by atoms with E-state index in [0.29, 0.717) is 37.5 Å². The van der Waals surface area contributed by atoms with Crippen LogP contribution in [0.4, 0.5) is 0 Å². The number of hydrogen-bond donors (Lipinski definition) is 1. The van der Waals surface area contributed by atoms with Gasteiger partial charge in [0, 0.05) is 45.6 Å². The van der Waals surface area contributed by atoms with Crippen LogP contribution < -0.4 is 5.73 Å². The number of nitriles is 1. The minimum atomic E-state index is -0.718. The number of halogens is 3. The van der Waals surface area contributed by atoms with E-state index in [1.165, 1.54) is 25.7 Å². The van der Waals surface area contributed by atoms with Gasteiger partial charge in [0.2, 0.25) is 21.8 Å². The van der Waals surface area contributed by atoms with Gasteiger partial charge in [0.15, 0.2) is 17.1 Å². The van der Waals surface area contributed by atoms with Crippen LogP contribution in [0.15, 0.2) is 46.0 Å². The average Bonchev–Trinajstić information content (AvgIpc) is 3.77. The summed E-state index contributed by atoms with van der Waals surface area (Å²) in [6.45, 7) is 8.93. The first-order chi connectivity index (χ1) is 30.5. The van der Waals surface area contributed by atoms with Gasteiger partial charge in [0.1, 0.15) is 5.54 Å². The molecule has 0 aromatic carbocycles. The summed E-state index contributed by atoms with van der Waals surface area (Å²) in [7, 11) is 0. The lowest BCUT2D eigenvalue weighted by Crippen LogP contribution is -2.37.